The van der Waals surface area contributed by atoms with Crippen molar-refractivity contribution in [3.8, 4) is 10.6 Å². The molecule has 4 rings (SSSR count). The number of carbonyl (C=O) groups excluding carboxylic acids is 1. The first kappa shape index (κ1) is 17.6. The van der Waals surface area contributed by atoms with E-state index in [4.69, 9.17) is 0 Å². The number of nitrogens with one attached hydrogen (secondary N) is 1. The number of carbonyl (C=O) groups is 1. The highest BCUT2D eigenvalue weighted by Gasteiger charge is 2.13. The zero-order chi connectivity index (χ0) is 18.8. The maximum atomic E-state index is 13.6. The van der Waals surface area contributed by atoms with Gasteiger partial charge < -0.3 is 5.32 Å². The minimum Gasteiger partial charge on any atom is -0.323 e. The molecule has 0 bridgehead atoms. The molecule has 0 radical (unpaired) electrons. The standard InChI is InChI=1S/C18H12F2N4OS2/c19-11-3-4-13(12(20)8-11)22-17(25)10-27-18-15-9-14(16-2-1-7-26-16)23-24(15)6-5-21-18/h1-9H,10H2,(H,22,25). The largest absolute Gasteiger partial charge is 0.323 e. The van der Waals surface area contributed by atoms with Crippen LogP contribution in [0.2, 0.25) is 0 Å². The van der Waals surface area contributed by atoms with Gasteiger partial charge >= 0.3 is 0 Å². The Hall–Kier alpha value is -2.78. The van der Waals surface area contributed by atoms with Gasteiger partial charge in [0.25, 0.3) is 0 Å². The SMILES string of the molecule is O=C(CSc1nccn2nc(-c3cccs3)cc12)Nc1ccc(F)cc1F. The highest BCUT2D eigenvalue weighted by atomic mass is 32.2. The number of hydrogen-bond acceptors (Lipinski definition) is 5. The number of nitrogens with zero attached hydrogens (tertiary/aromatic N) is 3. The van der Waals surface area contributed by atoms with Gasteiger partial charge in [-0.15, -0.1) is 11.3 Å². The van der Waals surface area contributed by atoms with E-state index in [-0.39, 0.29) is 11.4 Å². The molecular weight excluding hydrogens is 390 g/mol. The number of hydrogen-bond donors (Lipinski definition) is 1. The first-order valence-corrected chi connectivity index (χ1v) is 9.72. The Morgan fingerprint density at radius 1 is 1.26 bits per heavy atom. The molecule has 1 amide bonds. The zero-order valence-corrected chi connectivity index (χ0v) is 15.4. The summed E-state index contributed by atoms with van der Waals surface area (Å²) in [5, 5.41) is 9.57. The number of amides is 1. The summed E-state index contributed by atoms with van der Waals surface area (Å²) in [6.45, 7) is 0. The average molecular weight is 402 g/mol. The second kappa shape index (κ2) is 7.45. The Morgan fingerprint density at radius 2 is 2.15 bits per heavy atom. The van der Waals surface area contributed by atoms with Crippen molar-refractivity contribution in [1.82, 2.24) is 14.6 Å². The van der Waals surface area contributed by atoms with Gasteiger partial charge in [0.15, 0.2) is 0 Å². The molecule has 0 atom stereocenters. The van der Waals surface area contributed by atoms with Gasteiger partial charge in [-0.25, -0.2) is 18.3 Å². The fourth-order valence-corrected chi connectivity index (χ4v) is 3.92. The Balaban J connectivity index is 1.49. The van der Waals surface area contributed by atoms with Gasteiger partial charge in [-0.1, -0.05) is 17.8 Å². The molecule has 0 aliphatic heterocycles. The lowest BCUT2D eigenvalue weighted by Gasteiger charge is -2.06. The second-order valence-electron chi connectivity index (χ2n) is 5.53. The molecule has 1 aromatic carbocycles. The summed E-state index contributed by atoms with van der Waals surface area (Å²) in [5.41, 5.74) is 1.56. The van der Waals surface area contributed by atoms with Gasteiger partial charge in [-0.05, 0) is 29.6 Å². The first-order chi connectivity index (χ1) is 13.1. The van der Waals surface area contributed by atoms with Crippen molar-refractivity contribution in [1.29, 1.82) is 0 Å². The van der Waals surface area contributed by atoms with Crippen LogP contribution in [0.15, 0.2) is 59.2 Å². The van der Waals surface area contributed by atoms with E-state index in [1.54, 1.807) is 28.2 Å². The number of rotatable bonds is 5. The number of thioether (sulfide) groups is 1. The van der Waals surface area contributed by atoms with Gasteiger partial charge in [-0.2, -0.15) is 5.10 Å². The smallest absolute Gasteiger partial charge is 0.234 e. The highest BCUT2D eigenvalue weighted by molar-refractivity contribution is 8.00. The monoisotopic (exact) mass is 402 g/mol. The summed E-state index contributed by atoms with van der Waals surface area (Å²) >= 11 is 2.81. The molecule has 9 heteroatoms. The third-order valence-electron chi connectivity index (χ3n) is 3.67. The quantitative estimate of drug-likeness (QED) is 0.501. The van der Waals surface area contributed by atoms with Crippen LogP contribution < -0.4 is 5.32 Å². The minimum absolute atomic E-state index is 0.0308. The van der Waals surface area contributed by atoms with E-state index in [1.165, 1.54) is 17.8 Å². The third kappa shape index (κ3) is 3.83. The summed E-state index contributed by atoms with van der Waals surface area (Å²) in [7, 11) is 0. The molecule has 5 nitrogen and oxygen atoms in total. The maximum Gasteiger partial charge on any atom is 0.234 e. The van der Waals surface area contributed by atoms with Crippen molar-refractivity contribution < 1.29 is 13.6 Å². The van der Waals surface area contributed by atoms with E-state index >= 15 is 0 Å². The summed E-state index contributed by atoms with van der Waals surface area (Å²) in [6, 6.07) is 8.86. The minimum atomic E-state index is -0.815. The number of halogens is 2. The number of benzene rings is 1. The molecule has 4 aromatic rings. The lowest BCUT2D eigenvalue weighted by molar-refractivity contribution is -0.113. The van der Waals surface area contributed by atoms with E-state index in [0.29, 0.717) is 5.03 Å². The number of thiophene rings is 1. The van der Waals surface area contributed by atoms with Crippen LogP contribution >= 0.6 is 23.1 Å². The molecule has 0 aliphatic carbocycles. The van der Waals surface area contributed by atoms with Gasteiger partial charge in [0.1, 0.15) is 22.4 Å². The normalized spacial score (nSPS) is 11.0. The predicted molar refractivity (Wildman–Crippen MR) is 102 cm³/mol. The summed E-state index contributed by atoms with van der Waals surface area (Å²) in [5.74, 6) is -1.89. The van der Waals surface area contributed by atoms with Crippen LogP contribution in [0.1, 0.15) is 0 Å². The van der Waals surface area contributed by atoms with E-state index < -0.39 is 17.5 Å². The number of fused-ring (bicyclic) bond motifs is 1. The molecule has 3 heterocycles. The number of anilines is 1. The molecule has 3 aromatic heterocycles. The highest BCUT2D eigenvalue weighted by Crippen LogP contribution is 2.28. The van der Waals surface area contributed by atoms with Crippen LogP contribution in [0, 0.1) is 11.6 Å². The van der Waals surface area contributed by atoms with E-state index in [9.17, 15) is 13.6 Å². The van der Waals surface area contributed by atoms with Crippen molar-refractivity contribution >= 4 is 40.2 Å². The van der Waals surface area contributed by atoms with Crippen molar-refractivity contribution in [2.75, 3.05) is 11.1 Å². The Kier molecular flexibility index (Phi) is 4.87. The molecule has 1 N–H and O–H groups in total. The first-order valence-electron chi connectivity index (χ1n) is 7.86. The van der Waals surface area contributed by atoms with Crippen molar-refractivity contribution in [3.05, 3.63) is 65.8 Å². The van der Waals surface area contributed by atoms with Crippen molar-refractivity contribution in [2.45, 2.75) is 5.03 Å². The van der Waals surface area contributed by atoms with Gasteiger partial charge in [0.2, 0.25) is 5.91 Å². The molecule has 0 saturated carbocycles. The molecule has 136 valence electrons. The molecule has 27 heavy (non-hydrogen) atoms. The molecule has 0 saturated heterocycles. The predicted octanol–water partition coefficient (Wildman–Crippen LogP) is 4.47. The zero-order valence-electron chi connectivity index (χ0n) is 13.7. The Morgan fingerprint density at radius 3 is 2.93 bits per heavy atom. The number of aromatic nitrogens is 3. The molecule has 0 fully saturated rings. The van der Waals surface area contributed by atoms with Crippen LogP contribution in [0.4, 0.5) is 14.5 Å². The Labute approximate surface area is 161 Å². The molecule has 0 spiro atoms. The molecule has 0 unspecified atom stereocenters. The topological polar surface area (TPSA) is 59.3 Å². The lowest BCUT2D eigenvalue weighted by atomic mass is 10.3. The van der Waals surface area contributed by atoms with Crippen LogP contribution in [0.3, 0.4) is 0 Å². The van der Waals surface area contributed by atoms with Gasteiger partial charge in [0, 0.05) is 18.5 Å². The van der Waals surface area contributed by atoms with Gasteiger partial charge in [-0.3, -0.25) is 4.79 Å². The maximum absolute atomic E-state index is 13.6. The van der Waals surface area contributed by atoms with Crippen LogP contribution in [0.25, 0.3) is 16.1 Å². The van der Waals surface area contributed by atoms with Crippen molar-refractivity contribution in [3.63, 3.8) is 0 Å². The summed E-state index contributed by atoms with van der Waals surface area (Å²) in [4.78, 5) is 17.5. The second-order valence-corrected chi connectivity index (χ2v) is 7.44. The summed E-state index contributed by atoms with van der Waals surface area (Å²) < 4.78 is 28.3. The van der Waals surface area contributed by atoms with Crippen LogP contribution in [-0.2, 0) is 4.79 Å². The molecule has 0 aliphatic rings. The van der Waals surface area contributed by atoms with E-state index in [0.717, 1.165) is 28.2 Å². The molecular formula is C18H12F2N4OS2. The van der Waals surface area contributed by atoms with E-state index in [2.05, 4.69) is 15.4 Å². The fourth-order valence-electron chi connectivity index (χ4n) is 2.47. The van der Waals surface area contributed by atoms with Gasteiger partial charge in [0.05, 0.1) is 21.8 Å². The van der Waals surface area contributed by atoms with Crippen molar-refractivity contribution in [2.24, 2.45) is 0 Å². The van der Waals surface area contributed by atoms with Crippen LogP contribution in [0.5, 0.6) is 0 Å². The Bertz CT molecular complexity index is 1110. The van der Waals surface area contributed by atoms with Crippen LogP contribution in [-0.4, -0.2) is 26.3 Å². The fraction of sp³-hybridized carbons (Fsp3) is 0.0556. The lowest BCUT2D eigenvalue weighted by Crippen LogP contribution is -2.15. The summed E-state index contributed by atoms with van der Waals surface area (Å²) in [6.07, 6.45) is 3.35. The average Bonchev–Trinajstić information content (AvgIpc) is 3.31. The third-order valence-corrected chi connectivity index (χ3v) is 5.56. The van der Waals surface area contributed by atoms with E-state index in [1.807, 2.05) is 23.6 Å².